The number of nitrogens with one attached hydrogen (secondary N) is 1. The number of nitrogens with zero attached hydrogens (tertiary/aromatic N) is 1. The van der Waals surface area contributed by atoms with Crippen LogP contribution in [0.2, 0.25) is 0 Å². The number of benzene rings is 1. The molecule has 0 aromatic heterocycles. The zero-order valence-electron chi connectivity index (χ0n) is 12.8. The summed E-state index contributed by atoms with van der Waals surface area (Å²) in [4.78, 5) is 2.50. The van der Waals surface area contributed by atoms with Crippen molar-refractivity contribution in [2.75, 3.05) is 31.7 Å². The lowest BCUT2D eigenvalue weighted by Gasteiger charge is -2.33. The predicted octanol–water partition coefficient (Wildman–Crippen LogP) is 3.56. The Morgan fingerprint density at radius 3 is 2.62 bits per heavy atom. The summed E-state index contributed by atoms with van der Waals surface area (Å²) in [6.07, 6.45) is 5.14. The van der Waals surface area contributed by atoms with Crippen LogP contribution in [0.15, 0.2) is 22.7 Å². The molecule has 3 nitrogen and oxygen atoms in total. The summed E-state index contributed by atoms with van der Waals surface area (Å²) in [7, 11) is 1.80. The highest BCUT2D eigenvalue weighted by Crippen LogP contribution is 2.28. The Balaban J connectivity index is 1.57. The van der Waals surface area contributed by atoms with E-state index in [-0.39, 0.29) is 0 Å². The molecule has 4 heteroatoms. The molecule has 1 N–H and O–H groups in total. The molecule has 1 aliphatic carbocycles. The van der Waals surface area contributed by atoms with E-state index in [1.54, 1.807) is 7.11 Å². The number of piperidine rings is 1. The molecule has 1 saturated carbocycles. The van der Waals surface area contributed by atoms with Crippen molar-refractivity contribution in [2.24, 2.45) is 5.92 Å². The summed E-state index contributed by atoms with van der Waals surface area (Å²) in [6.45, 7) is 4.16. The van der Waals surface area contributed by atoms with Crippen molar-refractivity contribution in [3.63, 3.8) is 0 Å². The zero-order chi connectivity index (χ0) is 14.7. The van der Waals surface area contributed by atoms with Gasteiger partial charge in [0, 0.05) is 49.6 Å². The van der Waals surface area contributed by atoms with Gasteiger partial charge in [-0.15, -0.1) is 0 Å². The van der Waals surface area contributed by atoms with Crippen molar-refractivity contribution in [1.29, 1.82) is 0 Å². The van der Waals surface area contributed by atoms with E-state index < -0.39 is 0 Å². The molecule has 116 valence electrons. The molecule has 1 aliphatic heterocycles. The van der Waals surface area contributed by atoms with Crippen LogP contribution < -0.4 is 10.2 Å². The van der Waals surface area contributed by atoms with Crippen molar-refractivity contribution in [2.45, 2.75) is 38.3 Å². The Kier molecular flexibility index (Phi) is 5.19. The van der Waals surface area contributed by atoms with Gasteiger partial charge in [-0.3, -0.25) is 0 Å². The molecule has 21 heavy (non-hydrogen) atoms. The summed E-state index contributed by atoms with van der Waals surface area (Å²) < 4.78 is 6.50. The molecule has 0 bridgehead atoms. The number of hydrogen-bond donors (Lipinski definition) is 1. The highest BCUT2D eigenvalue weighted by atomic mass is 79.9. The van der Waals surface area contributed by atoms with Gasteiger partial charge in [0.05, 0.1) is 0 Å². The molecule has 1 saturated heterocycles. The second kappa shape index (κ2) is 7.12. The molecular weight excluding hydrogens is 328 g/mol. The first-order chi connectivity index (χ1) is 10.3. The van der Waals surface area contributed by atoms with Gasteiger partial charge in [0.2, 0.25) is 0 Å². The minimum Gasteiger partial charge on any atom is -0.384 e. The Labute approximate surface area is 136 Å². The van der Waals surface area contributed by atoms with Gasteiger partial charge in [-0.05, 0) is 49.3 Å². The minimum atomic E-state index is 0.733. The molecule has 1 aromatic rings. The van der Waals surface area contributed by atoms with Crippen LogP contribution in [-0.4, -0.2) is 32.8 Å². The third-order valence-electron chi connectivity index (χ3n) is 4.58. The van der Waals surface area contributed by atoms with Crippen LogP contribution >= 0.6 is 15.9 Å². The van der Waals surface area contributed by atoms with E-state index in [1.807, 2.05) is 0 Å². The molecule has 0 atom stereocenters. The van der Waals surface area contributed by atoms with E-state index in [1.165, 1.54) is 41.4 Å². The smallest absolute Gasteiger partial charge is 0.0491 e. The van der Waals surface area contributed by atoms with Crippen LogP contribution in [0, 0.1) is 5.92 Å². The molecule has 1 heterocycles. The topological polar surface area (TPSA) is 24.5 Å². The lowest BCUT2D eigenvalue weighted by molar-refractivity contribution is 0.139. The van der Waals surface area contributed by atoms with Gasteiger partial charge in [0.1, 0.15) is 0 Å². The number of rotatable bonds is 6. The normalized spacial score (nSPS) is 20.0. The van der Waals surface area contributed by atoms with Crippen LogP contribution in [-0.2, 0) is 11.3 Å². The van der Waals surface area contributed by atoms with Gasteiger partial charge in [0.25, 0.3) is 0 Å². The highest BCUT2D eigenvalue weighted by molar-refractivity contribution is 9.10. The number of hydrogen-bond acceptors (Lipinski definition) is 3. The summed E-state index contributed by atoms with van der Waals surface area (Å²) in [5.41, 5.74) is 2.70. The van der Waals surface area contributed by atoms with Crippen molar-refractivity contribution in [3.8, 4) is 0 Å². The standard InChI is InChI=1S/C17H25BrN2O/c1-21-12-13-6-8-20(9-7-13)16-5-2-14(17(18)10-16)11-19-15-3-4-15/h2,5,10,13,15,19H,3-4,6-9,11-12H2,1H3. The lowest BCUT2D eigenvalue weighted by atomic mass is 9.97. The first-order valence-corrected chi connectivity index (χ1v) is 8.81. The highest BCUT2D eigenvalue weighted by Gasteiger charge is 2.21. The average Bonchev–Trinajstić information content (AvgIpc) is 3.31. The third-order valence-corrected chi connectivity index (χ3v) is 5.32. The van der Waals surface area contributed by atoms with Crippen LogP contribution in [0.1, 0.15) is 31.2 Å². The Hall–Kier alpha value is -0.580. The Morgan fingerprint density at radius 1 is 1.24 bits per heavy atom. The SMILES string of the molecule is COCC1CCN(c2ccc(CNC3CC3)c(Br)c2)CC1. The van der Waals surface area contributed by atoms with E-state index in [2.05, 4.69) is 44.3 Å². The van der Waals surface area contributed by atoms with Crippen LogP contribution in [0.25, 0.3) is 0 Å². The van der Waals surface area contributed by atoms with Crippen molar-refractivity contribution in [1.82, 2.24) is 5.32 Å². The fraction of sp³-hybridized carbons (Fsp3) is 0.647. The van der Waals surface area contributed by atoms with Crippen molar-refractivity contribution < 1.29 is 4.74 Å². The number of halogens is 1. The maximum absolute atomic E-state index is 5.28. The van der Waals surface area contributed by atoms with Crippen LogP contribution in [0.3, 0.4) is 0 Å². The lowest BCUT2D eigenvalue weighted by Crippen LogP contribution is -2.35. The van der Waals surface area contributed by atoms with Gasteiger partial charge in [0.15, 0.2) is 0 Å². The van der Waals surface area contributed by atoms with Gasteiger partial charge < -0.3 is 15.0 Å². The van der Waals surface area contributed by atoms with E-state index in [9.17, 15) is 0 Å². The van der Waals surface area contributed by atoms with Gasteiger partial charge in [-0.2, -0.15) is 0 Å². The summed E-state index contributed by atoms with van der Waals surface area (Å²) >= 11 is 3.73. The first kappa shape index (κ1) is 15.3. The molecule has 2 fully saturated rings. The molecule has 0 amide bonds. The summed E-state index contributed by atoms with van der Waals surface area (Å²) in [5.74, 6) is 0.733. The molecule has 1 aromatic carbocycles. The van der Waals surface area contributed by atoms with E-state index in [4.69, 9.17) is 4.74 Å². The molecular formula is C17H25BrN2O. The Morgan fingerprint density at radius 2 is 2.00 bits per heavy atom. The van der Waals surface area contributed by atoms with Gasteiger partial charge in [-0.25, -0.2) is 0 Å². The largest absolute Gasteiger partial charge is 0.384 e. The van der Waals surface area contributed by atoms with E-state index >= 15 is 0 Å². The van der Waals surface area contributed by atoms with Crippen LogP contribution in [0.5, 0.6) is 0 Å². The van der Waals surface area contributed by atoms with Gasteiger partial charge in [-0.1, -0.05) is 22.0 Å². The average molecular weight is 353 g/mol. The number of methoxy groups -OCH3 is 1. The predicted molar refractivity (Wildman–Crippen MR) is 90.8 cm³/mol. The molecule has 0 unspecified atom stereocenters. The minimum absolute atomic E-state index is 0.733. The number of anilines is 1. The maximum Gasteiger partial charge on any atom is 0.0491 e. The fourth-order valence-electron chi connectivity index (χ4n) is 3.01. The Bertz CT molecular complexity index is 468. The number of ether oxygens (including phenoxy) is 1. The fourth-order valence-corrected chi connectivity index (χ4v) is 3.52. The molecule has 0 radical (unpaired) electrons. The van der Waals surface area contributed by atoms with Crippen LogP contribution in [0.4, 0.5) is 5.69 Å². The second-order valence-electron chi connectivity index (χ2n) is 6.32. The molecule has 3 rings (SSSR count). The van der Waals surface area contributed by atoms with E-state index in [0.29, 0.717) is 0 Å². The summed E-state index contributed by atoms with van der Waals surface area (Å²) in [5, 5.41) is 3.58. The first-order valence-electron chi connectivity index (χ1n) is 8.02. The monoisotopic (exact) mass is 352 g/mol. The van der Waals surface area contributed by atoms with Crippen molar-refractivity contribution >= 4 is 21.6 Å². The van der Waals surface area contributed by atoms with Gasteiger partial charge >= 0.3 is 0 Å². The zero-order valence-corrected chi connectivity index (χ0v) is 14.4. The maximum atomic E-state index is 5.28. The third kappa shape index (κ3) is 4.21. The second-order valence-corrected chi connectivity index (χ2v) is 7.17. The quantitative estimate of drug-likeness (QED) is 0.846. The van der Waals surface area contributed by atoms with Crippen molar-refractivity contribution in [3.05, 3.63) is 28.2 Å². The summed E-state index contributed by atoms with van der Waals surface area (Å²) in [6, 6.07) is 7.57. The molecule has 2 aliphatic rings. The molecule has 0 spiro atoms. The van der Waals surface area contributed by atoms with E-state index in [0.717, 1.165) is 38.2 Å².